The van der Waals surface area contributed by atoms with E-state index < -0.39 is 0 Å². The maximum Gasteiger partial charge on any atom is 0.165 e. The molecule has 1 atom stereocenters. The van der Waals surface area contributed by atoms with Crippen LogP contribution in [0.1, 0.15) is 44.6 Å². The molecule has 19 heavy (non-hydrogen) atoms. The van der Waals surface area contributed by atoms with E-state index in [0.717, 1.165) is 12.1 Å². The van der Waals surface area contributed by atoms with Crippen molar-refractivity contribution in [2.45, 2.75) is 58.1 Å². The molecular weight excluding hydrogens is 241 g/mol. The Hall–Kier alpha value is -1.09. The van der Waals surface area contributed by atoms with Gasteiger partial charge in [0, 0.05) is 12.6 Å². The van der Waals surface area contributed by atoms with Crippen LogP contribution in [0.4, 0.5) is 4.39 Å². The second kappa shape index (κ2) is 6.90. The fourth-order valence-electron chi connectivity index (χ4n) is 2.60. The summed E-state index contributed by atoms with van der Waals surface area (Å²) in [5.41, 5.74) is 1.02. The van der Waals surface area contributed by atoms with Crippen LogP contribution in [-0.4, -0.2) is 18.7 Å². The summed E-state index contributed by atoms with van der Waals surface area (Å²) in [5.74, 6) is 0.0769. The first-order valence-corrected chi connectivity index (χ1v) is 7.31. The van der Waals surface area contributed by atoms with Crippen molar-refractivity contribution in [1.82, 2.24) is 5.32 Å². The quantitative estimate of drug-likeness (QED) is 0.873. The lowest BCUT2D eigenvalue weighted by Gasteiger charge is -2.25. The molecule has 1 N–H and O–H groups in total. The number of benzene rings is 1. The smallest absolute Gasteiger partial charge is 0.165 e. The third kappa shape index (κ3) is 4.50. The maximum atomic E-state index is 13.6. The van der Waals surface area contributed by atoms with Crippen LogP contribution >= 0.6 is 0 Å². The zero-order valence-corrected chi connectivity index (χ0v) is 11.9. The first-order chi connectivity index (χ1) is 9.15. The molecule has 3 heteroatoms. The van der Waals surface area contributed by atoms with Crippen molar-refractivity contribution in [3.8, 4) is 5.75 Å². The van der Waals surface area contributed by atoms with Crippen LogP contribution < -0.4 is 10.1 Å². The van der Waals surface area contributed by atoms with Gasteiger partial charge in [-0.2, -0.15) is 0 Å². The first kappa shape index (κ1) is 14.3. The van der Waals surface area contributed by atoms with Crippen LogP contribution in [0.5, 0.6) is 5.75 Å². The van der Waals surface area contributed by atoms with E-state index >= 15 is 0 Å². The summed E-state index contributed by atoms with van der Waals surface area (Å²) < 4.78 is 19.3. The SMILES string of the molecule is Cc1ccc(F)c(OC(C)CNC2CCCCC2)c1. The summed E-state index contributed by atoms with van der Waals surface area (Å²) in [4.78, 5) is 0. The number of hydrogen-bond acceptors (Lipinski definition) is 2. The number of halogens is 1. The Labute approximate surface area is 115 Å². The van der Waals surface area contributed by atoms with E-state index in [1.54, 1.807) is 12.1 Å². The van der Waals surface area contributed by atoms with Gasteiger partial charge in [-0.3, -0.25) is 0 Å². The fourth-order valence-corrected chi connectivity index (χ4v) is 2.60. The molecule has 0 aromatic heterocycles. The first-order valence-electron chi connectivity index (χ1n) is 7.31. The number of hydrogen-bond donors (Lipinski definition) is 1. The molecule has 0 saturated heterocycles. The summed E-state index contributed by atoms with van der Waals surface area (Å²) in [6.07, 6.45) is 6.49. The van der Waals surface area contributed by atoms with Crippen molar-refractivity contribution in [2.24, 2.45) is 0 Å². The molecule has 0 spiro atoms. The highest BCUT2D eigenvalue weighted by molar-refractivity contribution is 5.29. The van der Waals surface area contributed by atoms with E-state index in [4.69, 9.17) is 4.74 Å². The second-order valence-electron chi connectivity index (χ2n) is 5.61. The van der Waals surface area contributed by atoms with Crippen molar-refractivity contribution in [3.63, 3.8) is 0 Å². The van der Waals surface area contributed by atoms with E-state index in [9.17, 15) is 4.39 Å². The Balaban J connectivity index is 1.80. The van der Waals surface area contributed by atoms with Crippen LogP contribution in [0.15, 0.2) is 18.2 Å². The molecule has 0 bridgehead atoms. The van der Waals surface area contributed by atoms with Crippen molar-refractivity contribution in [3.05, 3.63) is 29.6 Å². The third-order valence-electron chi connectivity index (χ3n) is 3.71. The van der Waals surface area contributed by atoms with Crippen molar-refractivity contribution < 1.29 is 9.13 Å². The minimum atomic E-state index is -0.282. The van der Waals surface area contributed by atoms with E-state index in [1.165, 1.54) is 38.2 Å². The largest absolute Gasteiger partial charge is 0.486 e. The van der Waals surface area contributed by atoms with Gasteiger partial charge in [0.15, 0.2) is 11.6 Å². The number of ether oxygens (including phenoxy) is 1. The molecular formula is C16H24FNO. The number of aryl methyl sites for hydroxylation is 1. The van der Waals surface area contributed by atoms with Gasteiger partial charge < -0.3 is 10.1 Å². The molecule has 1 aliphatic rings. The zero-order valence-electron chi connectivity index (χ0n) is 11.9. The van der Waals surface area contributed by atoms with Crippen LogP contribution in [0, 0.1) is 12.7 Å². The Morgan fingerprint density at radius 3 is 2.79 bits per heavy atom. The molecule has 1 aromatic rings. The molecule has 2 nitrogen and oxygen atoms in total. The molecule has 0 aliphatic heterocycles. The fraction of sp³-hybridized carbons (Fsp3) is 0.625. The lowest BCUT2D eigenvalue weighted by Crippen LogP contribution is -2.37. The lowest BCUT2D eigenvalue weighted by atomic mass is 9.95. The average molecular weight is 265 g/mol. The second-order valence-corrected chi connectivity index (χ2v) is 5.61. The van der Waals surface area contributed by atoms with Crippen molar-refractivity contribution in [1.29, 1.82) is 0 Å². The summed E-state index contributed by atoms with van der Waals surface area (Å²) in [5, 5.41) is 3.53. The monoisotopic (exact) mass is 265 g/mol. The van der Waals surface area contributed by atoms with Gasteiger partial charge in [0.2, 0.25) is 0 Å². The molecule has 1 saturated carbocycles. The Kier molecular flexibility index (Phi) is 5.20. The summed E-state index contributed by atoms with van der Waals surface area (Å²) in [7, 11) is 0. The molecule has 106 valence electrons. The topological polar surface area (TPSA) is 21.3 Å². The summed E-state index contributed by atoms with van der Waals surface area (Å²) in [6.45, 7) is 4.70. The van der Waals surface area contributed by atoms with Gasteiger partial charge in [0.05, 0.1) is 0 Å². The molecule has 2 rings (SSSR count). The average Bonchev–Trinajstić information content (AvgIpc) is 2.42. The van der Waals surface area contributed by atoms with Gasteiger partial charge in [0.1, 0.15) is 6.10 Å². The number of rotatable bonds is 5. The molecule has 1 unspecified atom stereocenters. The third-order valence-corrected chi connectivity index (χ3v) is 3.71. The predicted octanol–water partition coefficient (Wildman–Crippen LogP) is 3.82. The van der Waals surface area contributed by atoms with Crippen molar-refractivity contribution >= 4 is 0 Å². The van der Waals surface area contributed by atoms with Gasteiger partial charge in [-0.1, -0.05) is 25.3 Å². The van der Waals surface area contributed by atoms with Gasteiger partial charge in [-0.25, -0.2) is 4.39 Å². The minimum Gasteiger partial charge on any atom is -0.486 e. The van der Waals surface area contributed by atoms with E-state index in [-0.39, 0.29) is 11.9 Å². The van der Waals surface area contributed by atoms with E-state index in [0.29, 0.717) is 11.8 Å². The highest BCUT2D eigenvalue weighted by Crippen LogP contribution is 2.20. The maximum absolute atomic E-state index is 13.6. The van der Waals surface area contributed by atoms with Crippen molar-refractivity contribution in [2.75, 3.05) is 6.54 Å². The Morgan fingerprint density at radius 1 is 1.32 bits per heavy atom. The Bertz CT molecular complexity index is 402. The molecule has 0 heterocycles. The van der Waals surface area contributed by atoms with Gasteiger partial charge in [0.25, 0.3) is 0 Å². The normalized spacial score (nSPS) is 18.3. The van der Waals surface area contributed by atoms with E-state index in [2.05, 4.69) is 5.32 Å². The van der Waals surface area contributed by atoms with Crippen LogP contribution in [-0.2, 0) is 0 Å². The zero-order chi connectivity index (χ0) is 13.7. The highest BCUT2D eigenvalue weighted by Gasteiger charge is 2.15. The van der Waals surface area contributed by atoms with Gasteiger partial charge >= 0.3 is 0 Å². The Morgan fingerprint density at radius 2 is 2.05 bits per heavy atom. The van der Waals surface area contributed by atoms with Gasteiger partial charge in [-0.05, 0) is 44.4 Å². The summed E-state index contributed by atoms with van der Waals surface area (Å²) >= 11 is 0. The molecule has 1 aromatic carbocycles. The van der Waals surface area contributed by atoms with Gasteiger partial charge in [-0.15, -0.1) is 0 Å². The minimum absolute atomic E-state index is 0.0155. The highest BCUT2D eigenvalue weighted by atomic mass is 19.1. The van der Waals surface area contributed by atoms with E-state index in [1.807, 2.05) is 13.8 Å². The number of nitrogens with one attached hydrogen (secondary N) is 1. The lowest BCUT2D eigenvalue weighted by molar-refractivity contribution is 0.197. The molecule has 0 amide bonds. The molecule has 1 fully saturated rings. The molecule has 1 aliphatic carbocycles. The molecule has 0 radical (unpaired) electrons. The van der Waals surface area contributed by atoms with Crippen LogP contribution in [0.25, 0.3) is 0 Å². The van der Waals surface area contributed by atoms with Crippen LogP contribution in [0.2, 0.25) is 0 Å². The predicted molar refractivity (Wildman–Crippen MR) is 76.1 cm³/mol. The summed E-state index contributed by atoms with van der Waals surface area (Å²) in [6, 6.07) is 5.59. The van der Waals surface area contributed by atoms with Crippen LogP contribution in [0.3, 0.4) is 0 Å². The standard InChI is InChI=1S/C16H24FNO/c1-12-8-9-15(17)16(10-12)19-13(2)11-18-14-6-4-3-5-7-14/h8-10,13-14,18H,3-7,11H2,1-2H3.